The fourth-order valence-corrected chi connectivity index (χ4v) is 0.490. The molecule has 0 aliphatic carbocycles. The summed E-state index contributed by atoms with van der Waals surface area (Å²) in [6.45, 7) is 1.75. The van der Waals surface area contributed by atoms with Crippen molar-refractivity contribution in [2.75, 3.05) is 13.1 Å². The van der Waals surface area contributed by atoms with Crippen LogP contribution in [0.15, 0.2) is 0 Å². The Bertz CT molecular complexity index is 39.3. The number of hydrogen-bond donors (Lipinski definition) is 2. The molecule has 1 saturated heterocycles. The van der Waals surface area contributed by atoms with Crippen LogP contribution in [0.25, 0.3) is 0 Å². The molecule has 0 spiro atoms. The van der Waals surface area contributed by atoms with Crippen LogP contribution >= 0.6 is 0 Å². The summed E-state index contributed by atoms with van der Waals surface area (Å²) >= 11 is 0. The summed E-state index contributed by atoms with van der Waals surface area (Å²) in [5, 5.41) is 5.53. The Morgan fingerprint density at radius 2 is 1.83 bits per heavy atom. The molecule has 0 aromatic carbocycles. The van der Waals surface area contributed by atoms with Crippen molar-refractivity contribution in [2.45, 2.75) is 6.29 Å². The lowest BCUT2D eigenvalue weighted by Crippen LogP contribution is -2.31. The molecule has 3 heteroatoms. The molecule has 0 aromatic rings. The Labute approximate surface area is 36.9 Å². The standard InChI is InChI=1S/C3H7N3/c4-3-5-1-2-6-3/h3,5-6H,1-2H2. The molecule has 3 nitrogen and oxygen atoms in total. The maximum Gasteiger partial charge on any atom is 0.145 e. The van der Waals surface area contributed by atoms with Crippen molar-refractivity contribution in [1.82, 2.24) is 16.4 Å². The summed E-state index contributed by atoms with van der Waals surface area (Å²) < 4.78 is 0. The quantitative estimate of drug-likeness (QED) is 0.377. The van der Waals surface area contributed by atoms with Gasteiger partial charge in [0.05, 0.1) is 0 Å². The van der Waals surface area contributed by atoms with E-state index in [1.54, 1.807) is 0 Å². The molecule has 1 aliphatic heterocycles. The molecule has 0 bridgehead atoms. The van der Waals surface area contributed by atoms with E-state index in [-0.39, 0.29) is 0 Å². The summed E-state index contributed by atoms with van der Waals surface area (Å²) in [6.07, 6.45) is -0.454. The Morgan fingerprint density at radius 3 is 2.00 bits per heavy atom. The fraction of sp³-hybridized carbons (Fsp3) is 1.00. The van der Waals surface area contributed by atoms with Crippen LogP contribution in [0.4, 0.5) is 0 Å². The molecular weight excluding hydrogens is 78.1 g/mol. The second kappa shape index (κ2) is 1.55. The Kier molecular flexibility index (Phi) is 1.05. The largest absolute Gasteiger partial charge is 0.286 e. The van der Waals surface area contributed by atoms with Crippen molar-refractivity contribution in [3.63, 3.8) is 0 Å². The first-order valence-corrected chi connectivity index (χ1v) is 2.04. The SMILES string of the molecule is [N]C1NCCN1. The van der Waals surface area contributed by atoms with Crippen LogP contribution in [-0.4, -0.2) is 19.4 Å². The van der Waals surface area contributed by atoms with Gasteiger partial charge in [-0.05, 0) is 0 Å². The van der Waals surface area contributed by atoms with Gasteiger partial charge in [-0.2, -0.15) is 0 Å². The molecule has 34 valence electrons. The van der Waals surface area contributed by atoms with Crippen LogP contribution in [0, 0.1) is 0 Å². The average Bonchev–Trinajstić information content (AvgIpc) is 1.86. The van der Waals surface area contributed by atoms with E-state index in [4.69, 9.17) is 5.73 Å². The zero-order valence-corrected chi connectivity index (χ0v) is 3.44. The van der Waals surface area contributed by atoms with Crippen LogP contribution in [0.5, 0.6) is 0 Å². The van der Waals surface area contributed by atoms with Gasteiger partial charge in [-0.25, -0.2) is 0 Å². The molecule has 0 unspecified atom stereocenters. The van der Waals surface area contributed by atoms with Gasteiger partial charge in [0.1, 0.15) is 6.29 Å². The average molecular weight is 85.1 g/mol. The van der Waals surface area contributed by atoms with Crippen LogP contribution in [0.2, 0.25) is 0 Å². The third-order valence-corrected chi connectivity index (χ3v) is 0.800. The predicted octanol–water partition coefficient (Wildman–Crippen LogP) is -1.47. The molecule has 1 rings (SSSR count). The second-order valence-corrected chi connectivity index (χ2v) is 1.31. The van der Waals surface area contributed by atoms with Gasteiger partial charge in [0.2, 0.25) is 0 Å². The van der Waals surface area contributed by atoms with E-state index in [1.807, 2.05) is 0 Å². The highest BCUT2D eigenvalue weighted by Crippen LogP contribution is 1.73. The normalized spacial score (nSPS) is 25.5. The number of nitrogens with one attached hydrogen (secondary N) is 2. The van der Waals surface area contributed by atoms with Crippen molar-refractivity contribution < 1.29 is 0 Å². The lowest BCUT2D eigenvalue weighted by molar-refractivity contribution is 0.560. The van der Waals surface area contributed by atoms with Gasteiger partial charge in [-0.3, -0.25) is 10.6 Å². The van der Waals surface area contributed by atoms with E-state index in [2.05, 4.69) is 10.6 Å². The molecule has 0 aromatic heterocycles. The van der Waals surface area contributed by atoms with E-state index in [0.717, 1.165) is 13.1 Å². The van der Waals surface area contributed by atoms with Crippen molar-refractivity contribution in [2.24, 2.45) is 0 Å². The van der Waals surface area contributed by atoms with Gasteiger partial charge in [0, 0.05) is 13.1 Å². The summed E-state index contributed by atoms with van der Waals surface area (Å²) in [4.78, 5) is 0. The number of nitrogens with zero attached hydrogens (tertiary/aromatic N) is 1. The first-order valence-electron chi connectivity index (χ1n) is 2.04. The molecule has 1 aliphatic rings. The molecule has 6 heavy (non-hydrogen) atoms. The first-order chi connectivity index (χ1) is 2.89. The summed E-state index contributed by atoms with van der Waals surface area (Å²) in [5.41, 5.74) is 8.51. The van der Waals surface area contributed by atoms with Crippen LogP contribution < -0.4 is 16.4 Å². The highest BCUT2D eigenvalue weighted by Gasteiger charge is 2.06. The highest BCUT2D eigenvalue weighted by molar-refractivity contribution is 4.64. The number of rotatable bonds is 0. The maximum absolute atomic E-state index is 8.51. The summed E-state index contributed by atoms with van der Waals surface area (Å²) in [5.74, 6) is 0. The van der Waals surface area contributed by atoms with E-state index in [9.17, 15) is 0 Å². The van der Waals surface area contributed by atoms with Gasteiger partial charge < -0.3 is 0 Å². The maximum atomic E-state index is 8.51. The first kappa shape index (κ1) is 4.05. The minimum Gasteiger partial charge on any atom is -0.286 e. The van der Waals surface area contributed by atoms with Gasteiger partial charge >= 0.3 is 0 Å². The van der Waals surface area contributed by atoms with Gasteiger partial charge in [0.25, 0.3) is 0 Å². The van der Waals surface area contributed by atoms with Gasteiger partial charge in [-0.15, -0.1) is 5.73 Å². The van der Waals surface area contributed by atoms with E-state index in [1.165, 1.54) is 0 Å². The van der Waals surface area contributed by atoms with Crippen LogP contribution in [-0.2, 0) is 0 Å². The second-order valence-electron chi connectivity index (χ2n) is 1.31. The Hall–Kier alpha value is -0.120. The Balaban J connectivity index is 2.18. The summed E-state index contributed by atoms with van der Waals surface area (Å²) in [6, 6.07) is 0. The molecular formula is C3H7N3. The zero-order chi connectivity index (χ0) is 4.41. The molecule has 0 saturated carbocycles. The van der Waals surface area contributed by atoms with Crippen molar-refractivity contribution in [3.8, 4) is 0 Å². The van der Waals surface area contributed by atoms with Crippen molar-refractivity contribution >= 4 is 0 Å². The van der Waals surface area contributed by atoms with Crippen molar-refractivity contribution in [3.05, 3.63) is 0 Å². The van der Waals surface area contributed by atoms with E-state index >= 15 is 0 Å². The summed E-state index contributed by atoms with van der Waals surface area (Å²) in [7, 11) is 0. The molecule has 1 fully saturated rings. The topological polar surface area (TPSA) is 46.4 Å². The fourth-order valence-electron chi connectivity index (χ4n) is 0.490. The Morgan fingerprint density at radius 1 is 1.33 bits per heavy atom. The van der Waals surface area contributed by atoms with Gasteiger partial charge in [-0.1, -0.05) is 0 Å². The molecule has 0 atom stereocenters. The minimum absolute atomic E-state index is 0.454. The third-order valence-electron chi connectivity index (χ3n) is 0.800. The van der Waals surface area contributed by atoms with Gasteiger partial charge in [0.15, 0.2) is 0 Å². The van der Waals surface area contributed by atoms with E-state index in [0.29, 0.717) is 0 Å². The predicted molar refractivity (Wildman–Crippen MR) is 21.9 cm³/mol. The van der Waals surface area contributed by atoms with E-state index < -0.39 is 6.29 Å². The van der Waals surface area contributed by atoms with Crippen molar-refractivity contribution in [1.29, 1.82) is 0 Å². The smallest absolute Gasteiger partial charge is 0.145 e. The molecule has 2 N–H and O–H groups in total. The lowest BCUT2D eigenvalue weighted by Gasteiger charge is -1.93. The monoisotopic (exact) mass is 85.1 g/mol. The lowest BCUT2D eigenvalue weighted by atomic mass is 10.7. The molecule has 2 radical (unpaired) electrons. The number of hydrogen-bond acceptors (Lipinski definition) is 2. The minimum atomic E-state index is -0.454. The van der Waals surface area contributed by atoms with Crippen LogP contribution in [0.1, 0.15) is 0 Å². The molecule has 1 heterocycles. The van der Waals surface area contributed by atoms with Crippen LogP contribution in [0.3, 0.4) is 0 Å². The third kappa shape index (κ3) is 0.680. The highest BCUT2D eigenvalue weighted by atomic mass is 15.3. The molecule has 0 amide bonds. The zero-order valence-electron chi connectivity index (χ0n) is 3.44.